The fourth-order valence-corrected chi connectivity index (χ4v) is 1.40. The third-order valence-electron chi connectivity index (χ3n) is 2.20. The zero-order valence-corrected chi connectivity index (χ0v) is 9.88. The maximum Gasteiger partial charge on any atom is 0.291 e. The van der Waals surface area contributed by atoms with Gasteiger partial charge in [0, 0.05) is 6.54 Å². The molecule has 1 aromatic heterocycles. The van der Waals surface area contributed by atoms with Gasteiger partial charge in [-0.1, -0.05) is 12.1 Å². The first kappa shape index (κ1) is 13.0. The van der Waals surface area contributed by atoms with Crippen LogP contribution in [0.3, 0.4) is 0 Å². The standard InChI is InChI=1S/C10H16N4O3/c1-3-4-14(5-8(11)13-16)10(15)9-7(2)12-6-17-9/h6,16H,3-5H2,1-2H3,(H2,11,13). The van der Waals surface area contributed by atoms with Crippen LogP contribution in [0.25, 0.3) is 0 Å². The highest BCUT2D eigenvalue weighted by Gasteiger charge is 2.21. The lowest BCUT2D eigenvalue weighted by molar-refractivity contribution is 0.0745. The fourth-order valence-electron chi connectivity index (χ4n) is 1.40. The molecule has 94 valence electrons. The lowest BCUT2D eigenvalue weighted by atomic mass is 10.3. The van der Waals surface area contributed by atoms with E-state index in [1.54, 1.807) is 6.92 Å². The van der Waals surface area contributed by atoms with Crippen molar-refractivity contribution in [3.63, 3.8) is 0 Å². The minimum Gasteiger partial charge on any atom is -0.438 e. The van der Waals surface area contributed by atoms with Gasteiger partial charge in [-0.3, -0.25) is 4.79 Å². The summed E-state index contributed by atoms with van der Waals surface area (Å²) in [6, 6.07) is 0. The van der Waals surface area contributed by atoms with Gasteiger partial charge >= 0.3 is 0 Å². The molecule has 1 amide bonds. The van der Waals surface area contributed by atoms with Crippen molar-refractivity contribution in [1.29, 1.82) is 0 Å². The minimum absolute atomic E-state index is 0.0241. The summed E-state index contributed by atoms with van der Waals surface area (Å²) in [6.45, 7) is 4.17. The second-order valence-corrected chi connectivity index (χ2v) is 3.58. The fraction of sp³-hybridized carbons (Fsp3) is 0.500. The van der Waals surface area contributed by atoms with E-state index in [9.17, 15) is 4.79 Å². The second-order valence-electron chi connectivity index (χ2n) is 3.58. The third-order valence-corrected chi connectivity index (χ3v) is 2.20. The quantitative estimate of drug-likeness (QED) is 0.339. The zero-order valence-electron chi connectivity index (χ0n) is 9.88. The molecule has 0 spiro atoms. The number of aryl methyl sites for hydroxylation is 1. The molecule has 0 saturated heterocycles. The first-order valence-corrected chi connectivity index (χ1v) is 5.25. The number of amidine groups is 1. The van der Waals surface area contributed by atoms with Crippen molar-refractivity contribution in [2.75, 3.05) is 13.1 Å². The maximum absolute atomic E-state index is 12.1. The summed E-state index contributed by atoms with van der Waals surface area (Å²) >= 11 is 0. The van der Waals surface area contributed by atoms with Crippen LogP contribution in [0.2, 0.25) is 0 Å². The smallest absolute Gasteiger partial charge is 0.291 e. The first-order valence-electron chi connectivity index (χ1n) is 5.25. The molecule has 0 aromatic carbocycles. The topological polar surface area (TPSA) is 105 Å². The number of oxime groups is 1. The molecule has 1 heterocycles. The Labute approximate surface area is 98.9 Å². The monoisotopic (exact) mass is 240 g/mol. The number of nitrogens with two attached hydrogens (primary N) is 1. The Morgan fingerprint density at radius 2 is 2.41 bits per heavy atom. The zero-order chi connectivity index (χ0) is 12.8. The van der Waals surface area contributed by atoms with Crippen molar-refractivity contribution >= 4 is 11.7 Å². The highest BCUT2D eigenvalue weighted by atomic mass is 16.4. The normalized spacial score (nSPS) is 11.5. The van der Waals surface area contributed by atoms with E-state index in [4.69, 9.17) is 15.4 Å². The molecule has 1 rings (SSSR count). The van der Waals surface area contributed by atoms with Gasteiger partial charge in [-0.05, 0) is 13.3 Å². The average Bonchev–Trinajstić information content (AvgIpc) is 2.73. The first-order chi connectivity index (χ1) is 8.10. The Morgan fingerprint density at radius 3 is 2.88 bits per heavy atom. The van der Waals surface area contributed by atoms with E-state index in [1.807, 2.05) is 6.92 Å². The largest absolute Gasteiger partial charge is 0.438 e. The Balaban J connectivity index is 2.84. The van der Waals surface area contributed by atoms with Gasteiger partial charge in [0.25, 0.3) is 5.91 Å². The van der Waals surface area contributed by atoms with Gasteiger partial charge in [0.2, 0.25) is 5.76 Å². The van der Waals surface area contributed by atoms with Crippen LogP contribution in [-0.4, -0.2) is 39.9 Å². The lowest BCUT2D eigenvalue weighted by Crippen LogP contribution is -2.39. The number of carbonyl (C=O) groups excluding carboxylic acids is 1. The van der Waals surface area contributed by atoms with Gasteiger partial charge in [0.05, 0.1) is 12.2 Å². The molecule has 0 aliphatic heterocycles. The summed E-state index contributed by atoms with van der Waals surface area (Å²) < 4.78 is 5.02. The van der Waals surface area contributed by atoms with Gasteiger partial charge in [0.15, 0.2) is 12.2 Å². The summed E-state index contributed by atoms with van der Waals surface area (Å²) in [5, 5.41) is 11.4. The predicted octanol–water partition coefficient (Wildman–Crippen LogP) is 0.582. The van der Waals surface area contributed by atoms with Crippen LogP contribution in [0.15, 0.2) is 16.0 Å². The van der Waals surface area contributed by atoms with Crippen molar-refractivity contribution in [2.24, 2.45) is 10.9 Å². The molecular formula is C10H16N4O3. The molecule has 0 atom stereocenters. The highest BCUT2D eigenvalue weighted by Crippen LogP contribution is 2.09. The molecule has 0 radical (unpaired) electrons. The molecule has 0 unspecified atom stereocenters. The number of aromatic nitrogens is 1. The molecule has 0 fully saturated rings. The summed E-state index contributed by atoms with van der Waals surface area (Å²) in [5.74, 6) is -0.151. The number of hydrogen-bond donors (Lipinski definition) is 2. The van der Waals surface area contributed by atoms with Crippen LogP contribution >= 0.6 is 0 Å². The highest BCUT2D eigenvalue weighted by molar-refractivity contribution is 5.95. The number of carbonyl (C=O) groups is 1. The van der Waals surface area contributed by atoms with E-state index >= 15 is 0 Å². The molecule has 0 saturated carbocycles. The maximum atomic E-state index is 12.1. The van der Waals surface area contributed by atoms with Gasteiger partial charge in [0.1, 0.15) is 0 Å². The molecule has 17 heavy (non-hydrogen) atoms. The van der Waals surface area contributed by atoms with E-state index in [0.717, 1.165) is 6.42 Å². The molecule has 7 nitrogen and oxygen atoms in total. The van der Waals surface area contributed by atoms with Crippen LogP contribution in [-0.2, 0) is 0 Å². The van der Waals surface area contributed by atoms with Crippen LogP contribution < -0.4 is 5.73 Å². The Kier molecular flexibility index (Phi) is 4.50. The second kappa shape index (κ2) is 5.88. The molecule has 0 aliphatic rings. The molecule has 3 N–H and O–H groups in total. The van der Waals surface area contributed by atoms with Gasteiger partial charge in [-0.2, -0.15) is 0 Å². The van der Waals surface area contributed by atoms with Crippen molar-refractivity contribution in [3.05, 3.63) is 17.8 Å². The summed E-state index contributed by atoms with van der Waals surface area (Å²) in [5.41, 5.74) is 5.92. The molecule has 0 bridgehead atoms. The molecule has 0 aliphatic carbocycles. The predicted molar refractivity (Wildman–Crippen MR) is 60.8 cm³/mol. The number of oxazole rings is 1. The van der Waals surface area contributed by atoms with Crippen LogP contribution in [0, 0.1) is 6.92 Å². The van der Waals surface area contributed by atoms with E-state index in [-0.39, 0.29) is 24.0 Å². The number of amides is 1. The third kappa shape index (κ3) is 3.20. The molecule has 7 heteroatoms. The SMILES string of the molecule is CCCN(CC(N)=NO)C(=O)c1ocnc1C. The van der Waals surface area contributed by atoms with Crippen LogP contribution in [0.5, 0.6) is 0 Å². The minimum atomic E-state index is -0.312. The average molecular weight is 240 g/mol. The summed E-state index contributed by atoms with van der Waals surface area (Å²) in [4.78, 5) is 17.4. The van der Waals surface area contributed by atoms with Crippen LogP contribution in [0.1, 0.15) is 29.6 Å². The Hall–Kier alpha value is -2.05. The summed E-state index contributed by atoms with van der Waals surface area (Å²) in [6.07, 6.45) is 1.98. The van der Waals surface area contributed by atoms with Gasteiger partial charge in [-0.15, -0.1) is 0 Å². The van der Waals surface area contributed by atoms with Crippen molar-refractivity contribution in [3.8, 4) is 0 Å². The van der Waals surface area contributed by atoms with Crippen molar-refractivity contribution in [1.82, 2.24) is 9.88 Å². The van der Waals surface area contributed by atoms with E-state index < -0.39 is 0 Å². The van der Waals surface area contributed by atoms with Crippen molar-refractivity contribution in [2.45, 2.75) is 20.3 Å². The van der Waals surface area contributed by atoms with E-state index in [0.29, 0.717) is 12.2 Å². The van der Waals surface area contributed by atoms with Gasteiger partial charge in [-0.25, -0.2) is 4.98 Å². The van der Waals surface area contributed by atoms with E-state index in [2.05, 4.69) is 10.1 Å². The number of rotatable bonds is 5. The van der Waals surface area contributed by atoms with Crippen LogP contribution in [0.4, 0.5) is 0 Å². The lowest BCUT2D eigenvalue weighted by Gasteiger charge is -2.20. The van der Waals surface area contributed by atoms with Crippen molar-refractivity contribution < 1.29 is 14.4 Å². The number of hydrogen-bond acceptors (Lipinski definition) is 5. The summed E-state index contributed by atoms with van der Waals surface area (Å²) in [7, 11) is 0. The Bertz CT molecular complexity index is 413. The Morgan fingerprint density at radius 1 is 1.71 bits per heavy atom. The number of nitrogens with zero attached hydrogens (tertiary/aromatic N) is 3. The van der Waals surface area contributed by atoms with E-state index in [1.165, 1.54) is 11.3 Å². The molecular weight excluding hydrogens is 224 g/mol. The molecule has 1 aromatic rings. The van der Waals surface area contributed by atoms with Gasteiger partial charge < -0.3 is 20.3 Å².